The van der Waals surface area contributed by atoms with Crippen molar-refractivity contribution in [3.8, 4) is 5.75 Å². The molecule has 2 aromatic carbocycles. The van der Waals surface area contributed by atoms with Crippen molar-refractivity contribution in [2.75, 3.05) is 18.4 Å². The molecule has 0 aliphatic rings. The van der Waals surface area contributed by atoms with Crippen LogP contribution in [0.15, 0.2) is 39.8 Å². The van der Waals surface area contributed by atoms with E-state index in [0.717, 1.165) is 17.7 Å². The topological polar surface area (TPSA) is 87.8 Å². The zero-order valence-electron chi connectivity index (χ0n) is 14.0. The minimum Gasteiger partial charge on any atom is -0.506 e. The second kappa shape index (κ2) is 8.38. The first-order chi connectivity index (χ1) is 12.6. The molecule has 0 aromatic heterocycles. The average Bonchev–Trinajstić information content (AvgIpc) is 2.57. The Hall–Kier alpha value is -2.62. The molecule has 0 amide bonds. The molecule has 0 fully saturated rings. The van der Waals surface area contributed by atoms with Crippen LogP contribution in [-0.2, 0) is 6.18 Å². The van der Waals surface area contributed by atoms with Gasteiger partial charge in [-0.2, -0.15) is 13.2 Å². The fourth-order valence-electron chi connectivity index (χ4n) is 2.29. The van der Waals surface area contributed by atoms with E-state index >= 15 is 0 Å². The summed E-state index contributed by atoms with van der Waals surface area (Å²) < 4.78 is 38.6. The number of nitro benzene ring substituents is 1. The minimum atomic E-state index is -4.66. The summed E-state index contributed by atoms with van der Waals surface area (Å²) in [4.78, 5) is 14.3. The number of halogens is 4. The number of hydrogen-bond acceptors (Lipinski definition) is 5. The Labute approximate surface area is 161 Å². The summed E-state index contributed by atoms with van der Waals surface area (Å²) in [7, 11) is 0. The molecule has 27 heavy (non-hydrogen) atoms. The van der Waals surface area contributed by atoms with Gasteiger partial charge in [0.2, 0.25) is 0 Å². The van der Waals surface area contributed by atoms with Crippen molar-refractivity contribution in [2.45, 2.75) is 13.1 Å². The van der Waals surface area contributed by atoms with Crippen molar-refractivity contribution < 1.29 is 23.2 Å². The third-order valence-electron chi connectivity index (χ3n) is 3.55. The Morgan fingerprint density at radius 3 is 2.67 bits per heavy atom. The van der Waals surface area contributed by atoms with Crippen molar-refractivity contribution in [2.24, 2.45) is 4.99 Å². The smallest absolute Gasteiger partial charge is 0.416 e. The monoisotopic (exact) mass is 445 g/mol. The Bertz CT molecular complexity index is 886. The number of aryl methyl sites for hydroxylation is 1. The molecular weight excluding hydrogens is 431 g/mol. The number of hydrogen-bond donors (Lipinski definition) is 2. The van der Waals surface area contributed by atoms with Crippen molar-refractivity contribution >= 4 is 33.5 Å². The van der Waals surface area contributed by atoms with Gasteiger partial charge in [0.1, 0.15) is 11.4 Å². The zero-order chi connectivity index (χ0) is 20.2. The number of aromatic hydroxyl groups is 1. The second-order valence-corrected chi connectivity index (χ2v) is 6.49. The Morgan fingerprint density at radius 2 is 2.04 bits per heavy atom. The predicted octanol–water partition coefficient (Wildman–Crippen LogP) is 4.92. The van der Waals surface area contributed by atoms with Crippen LogP contribution in [0.2, 0.25) is 0 Å². The average molecular weight is 446 g/mol. The minimum absolute atomic E-state index is 0.0238. The van der Waals surface area contributed by atoms with E-state index in [4.69, 9.17) is 0 Å². The van der Waals surface area contributed by atoms with E-state index in [0.29, 0.717) is 16.1 Å². The van der Waals surface area contributed by atoms with Crippen molar-refractivity contribution in [1.82, 2.24) is 0 Å². The number of aliphatic imine (C=N–C) groups is 1. The number of anilines is 1. The number of rotatable bonds is 6. The third-order valence-corrected chi connectivity index (χ3v) is 4.15. The summed E-state index contributed by atoms with van der Waals surface area (Å²) in [6.45, 7) is 2.21. The lowest BCUT2D eigenvalue weighted by atomic mass is 10.1. The fourth-order valence-corrected chi connectivity index (χ4v) is 2.88. The number of nitrogens with one attached hydrogen (secondary N) is 1. The van der Waals surface area contributed by atoms with Gasteiger partial charge in [0.05, 0.1) is 21.5 Å². The molecule has 0 spiro atoms. The van der Waals surface area contributed by atoms with Gasteiger partial charge in [0.25, 0.3) is 5.69 Å². The first-order valence-electron chi connectivity index (χ1n) is 7.68. The van der Waals surface area contributed by atoms with E-state index < -0.39 is 22.4 Å². The van der Waals surface area contributed by atoms with Crippen molar-refractivity contribution in [3.63, 3.8) is 0 Å². The van der Waals surface area contributed by atoms with E-state index in [-0.39, 0.29) is 24.5 Å². The lowest BCUT2D eigenvalue weighted by Gasteiger charge is -2.10. The van der Waals surface area contributed by atoms with Crippen LogP contribution in [0, 0.1) is 17.0 Å². The molecule has 2 aromatic rings. The highest BCUT2D eigenvalue weighted by molar-refractivity contribution is 9.10. The molecule has 144 valence electrons. The Kier molecular flexibility index (Phi) is 6.42. The van der Waals surface area contributed by atoms with Gasteiger partial charge in [-0.15, -0.1) is 0 Å². The van der Waals surface area contributed by atoms with Crippen LogP contribution in [-0.4, -0.2) is 29.3 Å². The van der Waals surface area contributed by atoms with Crippen LogP contribution in [0.1, 0.15) is 16.7 Å². The maximum Gasteiger partial charge on any atom is 0.416 e. The first kappa shape index (κ1) is 20.7. The standard InChI is InChI=1S/C17H15BrF3N3O3/c1-10-6-11(16(25)13(18)7-10)9-22-4-5-23-14-3-2-12(17(19,20)21)8-15(14)24(26)27/h2-3,6-9,23,25H,4-5H2,1H3. The van der Waals surface area contributed by atoms with E-state index in [1.807, 2.05) is 6.92 Å². The lowest BCUT2D eigenvalue weighted by molar-refractivity contribution is -0.384. The molecule has 0 bridgehead atoms. The SMILES string of the molecule is Cc1cc(Br)c(O)c(C=NCCNc2ccc(C(F)(F)F)cc2[N+](=O)[O-])c1. The van der Waals surface area contributed by atoms with E-state index in [2.05, 4.69) is 26.2 Å². The molecule has 0 heterocycles. The second-order valence-electron chi connectivity index (χ2n) is 5.63. The fraction of sp³-hybridized carbons (Fsp3) is 0.235. The maximum atomic E-state index is 12.7. The highest BCUT2D eigenvalue weighted by Gasteiger charge is 2.32. The number of phenolic OH excluding ortho intramolecular Hbond substituents is 1. The molecular formula is C17H15BrF3N3O3. The van der Waals surface area contributed by atoms with Gasteiger partial charge < -0.3 is 10.4 Å². The van der Waals surface area contributed by atoms with E-state index in [1.54, 1.807) is 12.1 Å². The quantitative estimate of drug-likeness (QED) is 0.285. The molecule has 0 saturated heterocycles. The van der Waals surface area contributed by atoms with Crippen LogP contribution in [0.25, 0.3) is 0 Å². The summed E-state index contributed by atoms with van der Waals surface area (Å²) in [5.41, 5.74) is -0.348. The van der Waals surface area contributed by atoms with Gasteiger partial charge in [-0.05, 0) is 52.7 Å². The van der Waals surface area contributed by atoms with Gasteiger partial charge in [-0.25, -0.2) is 0 Å². The van der Waals surface area contributed by atoms with Crippen molar-refractivity contribution in [3.05, 3.63) is 61.6 Å². The summed E-state index contributed by atoms with van der Waals surface area (Å²) >= 11 is 3.22. The molecule has 10 heteroatoms. The molecule has 0 unspecified atom stereocenters. The van der Waals surface area contributed by atoms with Crippen LogP contribution in [0.3, 0.4) is 0 Å². The number of nitrogens with zero attached hydrogens (tertiary/aromatic N) is 2. The van der Waals surface area contributed by atoms with E-state index in [1.165, 1.54) is 6.21 Å². The van der Waals surface area contributed by atoms with Gasteiger partial charge in [0, 0.05) is 24.4 Å². The summed E-state index contributed by atoms with van der Waals surface area (Å²) in [5, 5.41) is 23.6. The molecule has 2 rings (SSSR count). The summed E-state index contributed by atoms with van der Waals surface area (Å²) in [6, 6.07) is 5.78. The van der Waals surface area contributed by atoms with Gasteiger partial charge >= 0.3 is 6.18 Å². The third kappa shape index (κ3) is 5.43. The Morgan fingerprint density at radius 1 is 1.33 bits per heavy atom. The first-order valence-corrected chi connectivity index (χ1v) is 8.47. The summed E-state index contributed by atoms with van der Waals surface area (Å²) in [5.74, 6) is 0.0377. The molecule has 0 radical (unpaired) electrons. The van der Waals surface area contributed by atoms with Crippen molar-refractivity contribution in [1.29, 1.82) is 0 Å². The molecule has 0 saturated carbocycles. The molecule has 0 atom stereocenters. The normalized spacial score (nSPS) is 11.7. The number of benzene rings is 2. The van der Waals surface area contributed by atoms with Gasteiger partial charge in [-0.1, -0.05) is 0 Å². The van der Waals surface area contributed by atoms with Gasteiger partial charge in [-0.3, -0.25) is 15.1 Å². The highest BCUT2D eigenvalue weighted by Crippen LogP contribution is 2.34. The lowest BCUT2D eigenvalue weighted by Crippen LogP contribution is -2.10. The molecule has 0 aliphatic carbocycles. The van der Waals surface area contributed by atoms with Crippen LogP contribution in [0.4, 0.5) is 24.5 Å². The highest BCUT2D eigenvalue weighted by atomic mass is 79.9. The molecule has 2 N–H and O–H groups in total. The largest absolute Gasteiger partial charge is 0.506 e. The molecule has 6 nitrogen and oxygen atoms in total. The number of phenols is 1. The van der Waals surface area contributed by atoms with Gasteiger partial charge in [0.15, 0.2) is 0 Å². The predicted molar refractivity (Wildman–Crippen MR) is 99.6 cm³/mol. The number of nitro groups is 1. The maximum absolute atomic E-state index is 12.7. The van der Waals surface area contributed by atoms with Crippen LogP contribution in [0.5, 0.6) is 5.75 Å². The zero-order valence-corrected chi connectivity index (χ0v) is 15.6. The van der Waals surface area contributed by atoms with Crippen LogP contribution < -0.4 is 5.32 Å². The van der Waals surface area contributed by atoms with Crippen LogP contribution >= 0.6 is 15.9 Å². The number of alkyl halides is 3. The molecule has 0 aliphatic heterocycles. The summed E-state index contributed by atoms with van der Waals surface area (Å²) in [6.07, 6.45) is -3.20. The van der Waals surface area contributed by atoms with E-state index in [9.17, 15) is 28.4 Å². The Balaban J connectivity index is 2.04.